The van der Waals surface area contributed by atoms with Crippen LogP contribution >= 0.6 is 0 Å². The van der Waals surface area contributed by atoms with Gasteiger partial charge in [-0.25, -0.2) is 9.97 Å². The summed E-state index contributed by atoms with van der Waals surface area (Å²) in [6.07, 6.45) is 11.4. The number of rotatable bonds is 3. The van der Waals surface area contributed by atoms with Crippen LogP contribution < -0.4 is 5.73 Å². The third-order valence-corrected chi connectivity index (χ3v) is 4.63. The largest absolute Gasteiger partial charge is 0.323 e. The minimum absolute atomic E-state index is 0.0320. The van der Waals surface area contributed by atoms with Gasteiger partial charge in [-0.15, -0.1) is 0 Å². The Morgan fingerprint density at radius 2 is 1.60 bits per heavy atom. The molecular weight excluding hydrogens is 246 g/mol. The van der Waals surface area contributed by atoms with E-state index in [2.05, 4.69) is 40.3 Å². The van der Waals surface area contributed by atoms with Gasteiger partial charge in [0.2, 0.25) is 0 Å². The zero-order chi connectivity index (χ0) is 13.8. The van der Waals surface area contributed by atoms with Crippen molar-refractivity contribution in [2.45, 2.75) is 43.6 Å². The first-order valence-corrected chi connectivity index (χ1v) is 7.39. The smallest absolute Gasteiger partial charge is 0.115 e. The molecule has 1 atom stereocenters. The van der Waals surface area contributed by atoms with Gasteiger partial charge < -0.3 is 5.73 Å². The van der Waals surface area contributed by atoms with Gasteiger partial charge in [-0.2, -0.15) is 0 Å². The Bertz CT molecular complexity index is 533. The third-order valence-electron chi connectivity index (χ3n) is 4.63. The number of aromatic nitrogens is 2. The van der Waals surface area contributed by atoms with E-state index in [-0.39, 0.29) is 11.5 Å². The second-order valence-electron chi connectivity index (χ2n) is 5.73. The SMILES string of the molecule is NC(c1cncnc1)C1(c2ccccc2)CCCCC1. The molecule has 0 spiro atoms. The predicted molar refractivity (Wildman–Crippen MR) is 80.2 cm³/mol. The lowest BCUT2D eigenvalue weighted by atomic mass is 9.64. The molecule has 3 heteroatoms. The molecule has 0 aliphatic heterocycles. The molecule has 1 heterocycles. The van der Waals surface area contributed by atoms with Crippen LogP contribution in [0.2, 0.25) is 0 Å². The van der Waals surface area contributed by atoms with Gasteiger partial charge in [-0.05, 0) is 18.4 Å². The van der Waals surface area contributed by atoms with Crippen LogP contribution in [-0.2, 0) is 5.41 Å². The van der Waals surface area contributed by atoms with Crippen LogP contribution in [0.3, 0.4) is 0 Å². The second-order valence-corrected chi connectivity index (χ2v) is 5.73. The molecular formula is C17H21N3. The number of hydrogen-bond donors (Lipinski definition) is 1. The minimum Gasteiger partial charge on any atom is -0.323 e. The summed E-state index contributed by atoms with van der Waals surface area (Å²) in [5.74, 6) is 0. The van der Waals surface area contributed by atoms with Crippen LogP contribution in [0.15, 0.2) is 49.1 Å². The molecule has 1 aromatic heterocycles. The van der Waals surface area contributed by atoms with E-state index >= 15 is 0 Å². The maximum absolute atomic E-state index is 6.66. The van der Waals surface area contributed by atoms with Crippen LogP contribution in [0, 0.1) is 0 Å². The highest BCUT2D eigenvalue weighted by Gasteiger charge is 2.40. The monoisotopic (exact) mass is 267 g/mol. The molecule has 2 aromatic rings. The molecule has 3 rings (SSSR count). The number of nitrogens with zero attached hydrogens (tertiary/aromatic N) is 2. The van der Waals surface area contributed by atoms with E-state index in [9.17, 15) is 0 Å². The maximum Gasteiger partial charge on any atom is 0.115 e. The Morgan fingerprint density at radius 3 is 2.25 bits per heavy atom. The van der Waals surface area contributed by atoms with Crippen molar-refractivity contribution in [3.05, 3.63) is 60.2 Å². The summed E-state index contributed by atoms with van der Waals surface area (Å²) in [4.78, 5) is 8.27. The average Bonchev–Trinajstić information content (AvgIpc) is 2.56. The first-order chi connectivity index (χ1) is 9.83. The molecule has 1 aromatic carbocycles. The lowest BCUT2D eigenvalue weighted by Gasteiger charge is -2.42. The fourth-order valence-corrected chi connectivity index (χ4v) is 3.52. The van der Waals surface area contributed by atoms with Crippen molar-refractivity contribution >= 4 is 0 Å². The van der Waals surface area contributed by atoms with E-state index in [0.29, 0.717) is 0 Å². The quantitative estimate of drug-likeness (QED) is 0.927. The predicted octanol–water partition coefficient (Wildman–Crippen LogP) is 3.38. The topological polar surface area (TPSA) is 51.8 Å². The van der Waals surface area contributed by atoms with Crippen LogP contribution in [0.5, 0.6) is 0 Å². The zero-order valence-electron chi connectivity index (χ0n) is 11.7. The van der Waals surface area contributed by atoms with Crippen molar-refractivity contribution in [2.75, 3.05) is 0 Å². The summed E-state index contributed by atoms with van der Waals surface area (Å²) in [5, 5.41) is 0. The fraction of sp³-hybridized carbons (Fsp3) is 0.412. The highest BCUT2D eigenvalue weighted by Crippen LogP contribution is 2.46. The van der Waals surface area contributed by atoms with Gasteiger partial charge in [-0.3, -0.25) is 0 Å². The molecule has 0 saturated heterocycles. The van der Waals surface area contributed by atoms with Gasteiger partial charge in [0.1, 0.15) is 6.33 Å². The maximum atomic E-state index is 6.66. The normalized spacial score (nSPS) is 19.4. The van der Waals surface area contributed by atoms with E-state index in [1.54, 1.807) is 6.33 Å². The van der Waals surface area contributed by atoms with Gasteiger partial charge in [0.25, 0.3) is 0 Å². The number of hydrogen-bond acceptors (Lipinski definition) is 3. The summed E-state index contributed by atoms with van der Waals surface area (Å²) < 4.78 is 0. The molecule has 1 fully saturated rings. The van der Waals surface area contributed by atoms with E-state index in [4.69, 9.17) is 5.73 Å². The third kappa shape index (κ3) is 2.34. The molecule has 1 saturated carbocycles. The lowest BCUT2D eigenvalue weighted by molar-refractivity contribution is 0.243. The van der Waals surface area contributed by atoms with Gasteiger partial charge in [0.15, 0.2) is 0 Å². The molecule has 1 aliphatic rings. The molecule has 1 aliphatic carbocycles. The van der Waals surface area contributed by atoms with Crippen LogP contribution in [-0.4, -0.2) is 9.97 Å². The Hall–Kier alpha value is -1.74. The Kier molecular flexibility index (Phi) is 3.79. The molecule has 0 radical (unpaired) electrons. The van der Waals surface area contributed by atoms with Crippen molar-refractivity contribution in [1.29, 1.82) is 0 Å². The number of benzene rings is 1. The molecule has 104 valence electrons. The molecule has 0 bridgehead atoms. The van der Waals surface area contributed by atoms with Crippen molar-refractivity contribution in [3.63, 3.8) is 0 Å². The Labute approximate surface area is 120 Å². The van der Waals surface area contributed by atoms with E-state index in [1.807, 2.05) is 12.4 Å². The number of nitrogens with two attached hydrogens (primary N) is 1. The second kappa shape index (κ2) is 5.71. The first kappa shape index (κ1) is 13.3. The molecule has 0 amide bonds. The molecule has 20 heavy (non-hydrogen) atoms. The van der Waals surface area contributed by atoms with Crippen molar-refractivity contribution in [2.24, 2.45) is 5.73 Å². The van der Waals surface area contributed by atoms with Crippen LogP contribution in [0.1, 0.15) is 49.3 Å². The van der Waals surface area contributed by atoms with Crippen LogP contribution in [0.4, 0.5) is 0 Å². The van der Waals surface area contributed by atoms with E-state index in [0.717, 1.165) is 18.4 Å². The van der Waals surface area contributed by atoms with Gasteiger partial charge in [-0.1, -0.05) is 49.6 Å². The molecule has 1 unspecified atom stereocenters. The zero-order valence-corrected chi connectivity index (χ0v) is 11.7. The summed E-state index contributed by atoms with van der Waals surface area (Å²) in [5.41, 5.74) is 9.09. The van der Waals surface area contributed by atoms with Gasteiger partial charge in [0.05, 0.1) is 0 Å². The van der Waals surface area contributed by atoms with Gasteiger partial charge in [0, 0.05) is 29.4 Å². The van der Waals surface area contributed by atoms with E-state index < -0.39 is 0 Å². The first-order valence-electron chi connectivity index (χ1n) is 7.39. The molecule has 2 N–H and O–H groups in total. The summed E-state index contributed by atoms with van der Waals surface area (Å²) >= 11 is 0. The minimum atomic E-state index is -0.0357. The highest BCUT2D eigenvalue weighted by atomic mass is 14.8. The van der Waals surface area contributed by atoms with E-state index in [1.165, 1.54) is 24.8 Å². The average molecular weight is 267 g/mol. The van der Waals surface area contributed by atoms with Crippen molar-refractivity contribution in [3.8, 4) is 0 Å². The highest BCUT2D eigenvalue weighted by molar-refractivity contribution is 5.32. The standard InChI is InChI=1S/C17H21N3/c18-16(14-11-19-13-20-12-14)17(9-5-2-6-10-17)15-7-3-1-4-8-15/h1,3-4,7-8,11-13,16H,2,5-6,9-10,18H2. The molecule has 3 nitrogen and oxygen atoms in total. The Balaban J connectivity index is 2.02. The lowest BCUT2D eigenvalue weighted by Crippen LogP contribution is -2.40. The summed E-state index contributed by atoms with van der Waals surface area (Å²) in [6.45, 7) is 0. The van der Waals surface area contributed by atoms with Gasteiger partial charge >= 0.3 is 0 Å². The van der Waals surface area contributed by atoms with Crippen molar-refractivity contribution in [1.82, 2.24) is 9.97 Å². The summed E-state index contributed by atoms with van der Waals surface area (Å²) in [7, 11) is 0. The fourth-order valence-electron chi connectivity index (χ4n) is 3.52. The van der Waals surface area contributed by atoms with Crippen molar-refractivity contribution < 1.29 is 0 Å². The van der Waals surface area contributed by atoms with Crippen LogP contribution in [0.25, 0.3) is 0 Å². The summed E-state index contributed by atoms with van der Waals surface area (Å²) in [6, 6.07) is 10.7. The Morgan fingerprint density at radius 1 is 0.950 bits per heavy atom.